The van der Waals surface area contributed by atoms with Crippen molar-refractivity contribution in [1.29, 1.82) is 0 Å². The Balaban J connectivity index is 1.72. The van der Waals surface area contributed by atoms with Gasteiger partial charge in [-0.3, -0.25) is 0 Å². The summed E-state index contributed by atoms with van der Waals surface area (Å²) in [6.45, 7) is 3.37. The summed E-state index contributed by atoms with van der Waals surface area (Å²) in [5.41, 5.74) is 1.20. The van der Waals surface area contributed by atoms with E-state index < -0.39 is 0 Å². The molecule has 5 nitrogen and oxygen atoms in total. The van der Waals surface area contributed by atoms with Crippen molar-refractivity contribution < 1.29 is 14.2 Å². The van der Waals surface area contributed by atoms with Crippen LogP contribution in [0.15, 0.2) is 18.2 Å². The predicted molar refractivity (Wildman–Crippen MR) is 81.6 cm³/mol. The monoisotopic (exact) mass is 296 g/mol. The van der Waals surface area contributed by atoms with Gasteiger partial charge in [-0.25, -0.2) is 0 Å². The molecule has 0 radical (unpaired) electrons. The molecule has 0 saturated heterocycles. The Morgan fingerprint density at radius 2 is 1.95 bits per heavy atom. The van der Waals surface area contributed by atoms with Crippen LogP contribution in [0.25, 0.3) is 0 Å². The molecule has 0 spiro atoms. The molecule has 0 atom stereocenters. The van der Waals surface area contributed by atoms with Crippen LogP contribution in [0, 0.1) is 0 Å². The molecule has 0 aliphatic carbocycles. The first-order valence-electron chi connectivity index (χ1n) is 6.69. The second kappa shape index (κ2) is 7.91. The van der Waals surface area contributed by atoms with Crippen LogP contribution in [-0.4, -0.2) is 45.1 Å². The third-order valence-corrected chi connectivity index (χ3v) is 3.19. The zero-order valence-electron chi connectivity index (χ0n) is 11.6. The number of methoxy groups -OCH3 is 1. The molecule has 0 amide bonds. The lowest BCUT2D eigenvalue weighted by molar-refractivity contribution is 0.171. The minimum absolute atomic E-state index is 0.613. The summed E-state index contributed by atoms with van der Waals surface area (Å²) in [7, 11) is 1.67. The molecule has 2 N–H and O–H groups in total. The van der Waals surface area contributed by atoms with Gasteiger partial charge in [0.2, 0.25) is 0 Å². The molecule has 1 aliphatic heterocycles. The zero-order chi connectivity index (χ0) is 14.2. The third kappa shape index (κ3) is 4.54. The first kappa shape index (κ1) is 14.9. The first-order chi connectivity index (χ1) is 9.79. The maximum atomic E-state index is 5.56. The van der Waals surface area contributed by atoms with E-state index in [4.69, 9.17) is 26.4 Å². The minimum Gasteiger partial charge on any atom is -0.486 e. The fourth-order valence-corrected chi connectivity index (χ4v) is 2.10. The number of rotatable bonds is 6. The van der Waals surface area contributed by atoms with Crippen molar-refractivity contribution in [2.45, 2.75) is 6.42 Å². The SMILES string of the molecule is COCCNC(=S)NCCc1ccc2c(c1)OCCO2. The Morgan fingerprint density at radius 3 is 2.75 bits per heavy atom. The van der Waals surface area contributed by atoms with Gasteiger partial charge in [-0.2, -0.15) is 0 Å². The molecule has 1 aromatic carbocycles. The lowest BCUT2D eigenvalue weighted by Gasteiger charge is -2.19. The molecule has 0 bridgehead atoms. The van der Waals surface area contributed by atoms with Gasteiger partial charge in [0.15, 0.2) is 16.6 Å². The van der Waals surface area contributed by atoms with Gasteiger partial charge in [-0.05, 0) is 36.3 Å². The Bertz CT molecular complexity index is 454. The summed E-state index contributed by atoms with van der Waals surface area (Å²) in [6.07, 6.45) is 0.878. The normalized spacial score (nSPS) is 12.8. The average molecular weight is 296 g/mol. The second-order valence-corrected chi connectivity index (χ2v) is 4.81. The third-order valence-electron chi connectivity index (χ3n) is 2.90. The van der Waals surface area contributed by atoms with E-state index in [9.17, 15) is 0 Å². The van der Waals surface area contributed by atoms with E-state index in [2.05, 4.69) is 16.7 Å². The van der Waals surface area contributed by atoms with E-state index in [1.807, 2.05) is 12.1 Å². The number of ether oxygens (including phenoxy) is 3. The van der Waals surface area contributed by atoms with Gasteiger partial charge in [-0.1, -0.05) is 6.07 Å². The highest BCUT2D eigenvalue weighted by molar-refractivity contribution is 7.80. The minimum atomic E-state index is 0.613. The van der Waals surface area contributed by atoms with Crippen molar-refractivity contribution in [2.75, 3.05) is 40.0 Å². The van der Waals surface area contributed by atoms with Crippen molar-refractivity contribution in [1.82, 2.24) is 10.6 Å². The van der Waals surface area contributed by atoms with Crippen molar-refractivity contribution in [3.63, 3.8) is 0 Å². The highest BCUT2D eigenvalue weighted by Crippen LogP contribution is 2.30. The van der Waals surface area contributed by atoms with Gasteiger partial charge < -0.3 is 24.8 Å². The Kier molecular flexibility index (Phi) is 5.88. The van der Waals surface area contributed by atoms with Crippen LogP contribution in [0.3, 0.4) is 0 Å². The number of nitrogens with one attached hydrogen (secondary N) is 2. The Hall–Kier alpha value is -1.53. The molecule has 6 heteroatoms. The largest absolute Gasteiger partial charge is 0.486 e. The maximum absolute atomic E-state index is 5.56. The molecule has 0 fully saturated rings. The molecule has 2 rings (SSSR count). The number of hydrogen-bond acceptors (Lipinski definition) is 4. The van der Waals surface area contributed by atoms with E-state index >= 15 is 0 Å². The average Bonchev–Trinajstić information content (AvgIpc) is 2.47. The lowest BCUT2D eigenvalue weighted by Crippen LogP contribution is -2.37. The molecule has 20 heavy (non-hydrogen) atoms. The van der Waals surface area contributed by atoms with Gasteiger partial charge in [-0.15, -0.1) is 0 Å². The molecule has 110 valence electrons. The number of hydrogen-bond donors (Lipinski definition) is 2. The molecule has 0 unspecified atom stereocenters. The lowest BCUT2D eigenvalue weighted by atomic mass is 10.1. The van der Waals surface area contributed by atoms with Gasteiger partial charge in [0.1, 0.15) is 13.2 Å². The number of thiocarbonyl (C=S) groups is 1. The van der Waals surface area contributed by atoms with Crippen LogP contribution in [0.4, 0.5) is 0 Å². The molecule has 0 saturated carbocycles. The maximum Gasteiger partial charge on any atom is 0.166 e. The zero-order valence-corrected chi connectivity index (χ0v) is 12.4. The van der Waals surface area contributed by atoms with Crippen LogP contribution >= 0.6 is 12.2 Å². The van der Waals surface area contributed by atoms with Crippen molar-refractivity contribution in [3.05, 3.63) is 23.8 Å². The Labute approximate surface area is 124 Å². The molecule has 1 aromatic rings. The molecular weight excluding hydrogens is 276 g/mol. The summed E-state index contributed by atoms with van der Waals surface area (Å²) >= 11 is 5.16. The highest BCUT2D eigenvalue weighted by Gasteiger charge is 2.11. The molecule has 0 aromatic heterocycles. The number of fused-ring (bicyclic) bond motifs is 1. The summed E-state index contributed by atoms with van der Waals surface area (Å²) in [5.74, 6) is 1.65. The Morgan fingerprint density at radius 1 is 1.20 bits per heavy atom. The standard InChI is InChI=1S/C14H20N2O3S/c1-17-7-6-16-14(20)15-5-4-11-2-3-12-13(10-11)19-9-8-18-12/h2-3,10H,4-9H2,1H3,(H2,15,16,20). The van der Waals surface area contributed by atoms with Crippen molar-refractivity contribution in [3.8, 4) is 11.5 Å². The van der Waals surface area contributed by atoms with Crippen LogP contribution in [0.5, 0.6) is 11.5 Å². The van der Waals surface area contributed by atoms with E-state index in [1.165, 1.54) is 5.56 Å². The summed E-state index contributed by atoms with van der Waals surface area (Å²) in [5, 5.41) is 6.89. The van der Waals surface area contributed by atoms with E-state index in [-0.39, 0.29) is 0 Å². The van der Waals surface area contributed by atoms with Gasteiger partial charge in [0.25, 0.3) is 0 Å². The summed E-state index contributed by atoms with van der Waals surface area (Å²) < 4.78 is 16.0. The number of benzene rings is 1. The fraction of sp³-hybridized carbons (Fsp3) is 0.500. The van der Waals surface area contributed by atoms with Crippen molar-refractivity contribution in [2.24, 2.45) is 0 Å². The molecular formula is C14H20N2O3S. The van der Waals surface area contributed by atoms with Crippen molar-refractivity contribution >= 4 is 17.3 Å². The summed E-state index contributed by atoms with van der Waals surface area (Å²) in [4.78, 5) is 0. The quantitative estimate of drug-likeness (QED) is 0.606. The van der Waals surface area contributed by atoms with E-state index in [0.717, 1.165) is 24.5 Å². The topological polar surface area (TPSA) is 51.8 Å². The fourth-order valence-electron chi connectivity index (χ4n) is 1.89. The van der Waals surface area contributed by atoms with Gasteiger partial charge >= 0.3 is 0 Å². The molecule has 1 heterocycles. The predicted octanol–water partition coefficient (Wildman–Crippen LogP) is 1.11. The first-order valence-corrected chi connectivity index (χ1v) is 7.09. The van der Waals surface area contributed by atoms with Crippen LogP contribution in [0.2, 0.25) is 0 Å². The smallest absolute Gasteiger partial charge is 0.166 e. The van der Waals surface area contributed by atoms with Crippen LogP contribution < -0.4 is 20.1 Å². The van der Waals surface area contributed by atoms with E-state index in [0.29, 0.717) is 31.5 Å². The van der Waals surface area contributed by atoms with Gasteiger partial charge in [0, 0.05) is 20.2 Å². The highest BCUT2D eigenvalue weighted by atomic mass is 32.1. The van der Waals surface area contributed by atoms with Crippen LogP contribution in [-0.2, 0) is 11.2 Å². The van der Waals surface area contributed by atoms with Crippen LogP contribution in [0.1, 0.15) is 5.56 Å². The second-order valence-electron chi connectivity index (χ2n) is 4.40. The van der Waals surface area contributed by atoms with E-state index in [1.54, 1.807) is 7.11 Å². The van der Waals surface area contributed by atoms with Gasteiger partial charge in [0.05, 0.1) is 6.61 Å². The summed E-state index contributed by atoms with van der Waals surface area (Å²) in [6, 6.07) is 6.03. The molecule has 1 aliphatic rings.